The molecule has 20 heavy (non-hydrogen) atoms. The maximum Gasteiger partial charge on any atom is 0.399 e. The van der Waals surface area contributed by atoms with Crippen molar-refractivity contribution in [3.8, 4) is 11.8 Å². The molecule has 0 saturated heterocycles. The van der Waals surface area contributed by atoms with Crippen LogP contribution >= 0.6 is 0 Å². The van der Waals surface area contributed by atoms with E-state index in [1.807, 2.05) is 24.3 Å². The highest BCUT2D eigenvalue weighted by Gasteiger charge is 2.12. The minimum atomic E-state index is 0.0504. The Balaban J connectivity index is 2.02. The van der Waals surface area contributed by atoms with Gasteiger partial charge in [0.25, 0.3) is 0 Å². The minimum absolute atomic E-state index is 0.0504. The van der Waals surface area contributed by atoms with E-state index in [1.54, 1.807) is 6.26 Å². The zero-order chi connectivity index (χ0) is 14.6. The second-order valence-corrected chi connectivity index (χ2v) is 5.77. The van der Waals surface area contributed by atoms with Crippen molar-refractivity contribution in [2.24, 2.45) is 0 Å². The molecule has 0 unspecified atom stereocenters. The Labute approximate surface area is 120 Å². The van der Waals surface area contributed by atoms with Crippen molar-refractivity contribution in [2.75, 3.05) is 0 Å². The van der Waals surface area contributed by atoms with Gasteiger partial charge in [0.15, 0.2) is 0 Å². The highest BCUT2D eigenvalue weighted by molar-refractivity contribution is 5.34. The Morgan fingerprint density at radius 1 is 1.25 bits per heavy atom. The number of oxazole rings is 1. The summed E-state index contributed by atoms with van der Waals surface area (Å²) in [7, 11) is 0. The lowest BCUT2D eigenvalue weighted by Crippen LogP contribution is -2.35. The number of nitrogens with zero attached hydrogens (tertiary/aromatic N) is 1. The zero-order valence-electron chi connectivity index (χ0n) is 12.6. The first kappa shape index (κ1) is 14.6. The first-order valence-electron chi connectivity index (χ1n) is 6.93. The lowest BCUT2D eigenvalue weighted by molar-refractivity contribution is 0.328. The van der Waals surface area contributed by atoms with E-state index in [0.717, 1.165) is 23.4 Å². The highest BCUT2D eigenvalue weighted by atomic mass is 16.6. The van der Waals surface area contributed by atoms with Crippen molar-refractivity contribution < 1.29 is 9.15 Å². The number of hydrogen-bond acceptors (Lipinski definition) is 4. The Bertz CT molecular complexity index is 556. The van der Waals surface area contributed by atoms with Gasteiger partial charge in [-0.2, -0.15) is 4.98 Å². The van der Waals surface area contributed by atoms with Crippen molar-refractivity contribution in [1.29, 1.82) is 0 Å². The Hall–Kier alpha value is -1.81. The van der Waals surface area contributed by atoms with Crippen LogP contribution in [-0.2, 0) is 13.0 Å². The largest absolute Gasteiger partial charge is 0.417 e. The predicted octanol–water partition coefficient (Wildman–Crippen LogP) is 3.92. The Kier molecular flexibility index (Phi) is 4.45. The van der Waals surface area contributed by atoms with Gasteiger partial charge >= 0.3 is 6.08 Å². The van der Waals surface area contributed by atoms with E-state index < -0.39 is 0 Å². The summed E-state index contributed by atoms with van der Waals surface area (Å²) in [5.74, 6) is 0.798. The Morgan fingerprint density at radius 3 is 2.70 bits per heavy atom. The maximum absolute atomic E-state index is 5.71. The number of rotatable bonds is 5. The van der Waals surface area contributed by atoms with Gasteiger partial charge in [0.1, 0.15) is 12.0 Å². The molecule has 4 heteroatoms. The number of aromatic nitrogens is 1. The van der Waals surface area contributed by atoms with Crippen molar-refractivity contribution in [1.82, 2.24) is 10.3 Å². The van der Waals surface area contributed by atoms with E-state index in [1.165, 1.54) is 0 Å². The van der Waals surface area contributed by atoms with Crippen LogP contribution in [0, 0.1) is 0 Å². The van der Waals surface area contributed by atoms with E-state index >= 15 is 0 Å². The standard InChI is InChI=1S/C16H22N2O2/c1-5-12-8-6-7-9-14(12)20-15-18-13(11-19-15)10-17-16(2,3)4/h6-9,11,17H,5,10H2,1-4H3. The molecule has 0 aliphatic rings. The first-order valence-corrected chi connectivity index (χ1v) is 6.93. The predicted molar refractivity (Wildman–Crippen MR) is 79.0 cm³/mol. The molecule has 108 valence electrons. The summed E-state index contributed by atoms with van der Waals surface area (Å²) in [6.45, 7) is 9.09. The van der Waals surface area contributed by atoms with Crippen LogP contribution in [0.3, 0.4) is 0 Å². The molecule has 1 aromatic heterocycles. The smallest absolute Gasteiger partial charge is 0.399 e. The van der Waals surface area contributed by atoms with Crippen LogP contribution in [0.25, 0.3) is 0 Å². The van der Waals surface area contributed by atoms with Gasteiger partial charge in [-0.25, -0.2) is 0 Å². The van der Waals surface area contributed by atoms with Crippen molar-refractivity contribution in [2.45, 2.75) is 46.2 Å². The number of hydrogen-bond donors (Lipinski definition) is 1. The normalized spacial score (nSPS) is 11.6. The molecule has 0 radical (unpaired) electrons. The molecule has 1 aromatic carbocycles. The molecule has 0 amide bonds. The van der Waals surface area contributed by atoms with Crippen LogP contribution in [0.4, 0.5) is 0 Å². The molecule has 0 aliphatic heterocycles. The van der Waals surface area contributed by atoms with Crippen LogP contribution in [0.15, 0.2) is 34.9 Å². The number of para-hydroxylation sites is 1. The lowest BCUT2D eigenvalue weighted by Gasteiger charge is -2.19. The molecule has 0 fully saturated rings. The third-order valence-electron chi connectivity index (χ3n) is 2.88. The van der Waals surface area contributed by atoms with Crippen LogP contribution in [0.2, 0.25) is 0 Å². The van der Waals surface area contributed by atoms with Gasteiger partial charge in [-0.1, -0.05) is 25.1 Å². The Morgan fingerprint density at radius 2 is 2.00 bits per heavy atom. The molecular weight excluding hydrogens is 252 g/mol. The quantitative estimate of drug-likeness (QED) is 0.897. The van der Waals surface area contributed by atoms with E-state index in [0.29, 0.717) is 6.54 Å². The average Bonchev–Trinajstić information content (AvgIpc) is 2.84. The van der Waals surface area contributed by atoms with E-state index in [-0.39, 0.29) is 11.6 Å². The van der Waals surface area contributed by atoms with Gasteiger partial charge in [-0.05, 0) is 38.8 Å². The summed E-state index contributed by atoms with van der Waals surface area (Å²) in [4.78, 5) is 4.33. The molecule has 4 nitrogen and oxygen atoms in total. The van der Waals surface area contributed by atoms with Crippen LogP contribution in [0.1, 0.15) is 39.0 Å². The summed E-state index contributed by atoms with van der Waals surface area (Å²) >= 11 is 0. The molecule has 0 aliphatic carbocycles. The van der Waals surface area contributed by atoms with E-state index in [4.69, 9.17) is 9.15 Å². The molecule has 1 heterocycles. The minimum Gasteiger partial charge on any atom is -0.417 e. The summed E-state index contributed by atoms with van der Waals surface area (Å²) in [5.41, 5.74) is 2.03. The maximum atomic E-state index is 5.71. The average molecular weight is 274 g/mol. The van der Waals surface area contributed by atoms with Crippen molar-refractivity contribution >= 4 is 0 Å². The van der Waals surface area contributed by atoms with Gasteiger partial charge < -0.3 is 14.5 Å². The molecule has 0 spiro atoms. The fraction of sp³-hybridized carbons (Fsp3) is 0.438. The van der Waals surface area contributed by atoms with Gasteiger partial charge in [0, 0.05) is 12.1 Å². The number of ether oxygens (including phenoxy) is 1. The van der Waals surface area contributed by atoms with Gasteiger partial charge in [-0.3, -0.25) is 0 Å². The van der Waals surface area contributed by atoms with Gasteiger partial charge in [0.2, 0.25) is 0 Å². The second-order valence-electron chi connectivity index (χ2n) is 5.77. The van der Waals surface area contributed by atoms with Crippen LogP contribution in [-0.4, -0.2) is 10.5 Å². The second kappa shape index (κ2) is 6.09. The van der Waals surface area contributed by atoms with E-state index in [9.17, 15) is 0 Å². The monoisotopic (exact) mass is 274 g/mol. The number of nitrogens with one attached hydrogen (secondary N) is 1. The molecule has 1 N–H and O–H groups in total. The fourth-order valence-corrected chi connectivity index (χ4v) is 1.76. The van der Waals surface area contributed by atoms with Gasteiger partial charge in [-0.15, -0.1) is 0 Å². The molecule has 2 aromatic rings. The topological polar surface area (TPSA) is 47.3 Å². The van der Waals surface area contributed by atoms with Crippen molar-refractivity contribution in [3.05, 3.63) is 41.8 Å². The summed E-state index contributed by atoms with van der Waals surface area (Å²) in [6, 6.07) is 7.91. The SMILES string of the molecule is CCc1ccccc1Oc1nc(CNC(C)(C)C)co1. The third kappa shape index (κ3) is 4.10. The zero-order valence-corrected chi connectivity index (χ0v) is 12.6. The fourth-order valence-electron chi connectivity index (χ4n) is 1.76. The molecule has 2 rings (SSSR count). The number of benzene rings is 1. The molecular formula is C16H22N2O2. The number of aryl methyl sites for hydroxylation is 1. The van der Waals surface area contributed by atoms with Crippen LogP contribution < -0.4 is 10.1 Å². The summed E-state index contributed by atoms with van der Waals surface area (Å²) in [5, 5.41) is 3.36. The summed E-state index contributed by atoms with van der Waals surface area (Å²) < 4.78 is 11.1. The van der Waals surface area contributed by atoms with E-state index in [2.05, 4.69) is 38.0 Å². The highest BCUT2D eigenvalue weighted by Crippen LogP contribution is 2.25. The molecule has 0 bridgehead atoms. The molecule has 0 atom stereocenters. The molecule has 0 saturated carbocycles. The van der Waals surface area contributed by atoms with Crippen LogP contribution in [0.5, 0.6) is 11.8 Å². The van der Waals surface area contributed by atoms with Gasteiger partial charge in [0.05, 0.1) is 5.69 Å². The summed E-state index contributed by atoms with van der Waals surface area (Å²) in [6.07, 6.45) is 2.83. The third-order valence-corrected chi connectivity index (χ3v) is 2.88. The van der Waals surface area contributed by atoms with Crippen molar-refractivity contribution in [3.63, 3.8) is 0 Å². The first-order chi connectivity index (χ1) is 9.48. The lowest BCUT2D eigenvalue weighted by atomic mass is 10.1.